The zero-order valence-electron chi connectivity index (χ0n) is 12.0. The molecule has 21 heavy (non-hydrogen) atoms. The van der Waals surface area contributed by atoms with Gasteiger partial charge in [-0.25, -0.2) is 0 Å². The van der Waals surface area contributed by atoms with Crippen molar-refractivity contribution in [2.75, 3.05) is 31.1 Å². The van der Waals surface area contributed by atoms with Crippen LogP contribution in [0.5, 0.6) is 0 Å². The van der Waals surface area contributed by atoms with Crippen molar-refractivity contribution in [1.82, 2.24) is 4.90 Å². The van der Waals surface area contributed by atoms with Gasteiger partial charge in [0.25, 0.3) is 0 Å². The van der Waals surface area contributed by atoms with Crippen LogP contribution in [0.25, 0.3) is 11.3 Å². The summed E-state index contributed by atoms with van der Waals surface area (Å²) in [6.07, 6.45) is 2.53. The molecule has 0 amide bonds. The van der Waals surface area contributed by atoms with Crippen LogP contribution in [0.4, 0.5) is 5.82 Å². The molecule has 0 spiro atoms. The van der Waals surface area contributed by atoms with Crippen molar-refractivity contribution < 1.29 is 26.7 Å². The third-order valence-corrected chi connectivity index (χ3v) is 4.56. The highest BCUT2D eigenvalue weighted by atomic mass is 79.9. The Morgan fingerprint density at radius 2 is 1.76 bits per heavy atom. The zero-order chi connectivity index (χ0) is 13.4. The van der Waals surface area contributed by atoms with Gasteiger partial charge >= 0.3 is 5.82 Å². The summed E-state index contributed by atoms with van der Waals surface area (Å²) in [5, 5.41) is 3.12. The molecule has 0 unspecified atom stereocenters. The minimum atomic E-state index is 0. The average molecular weight is 350 g/mol. The van der Waals surface area contributed by atoms with Gasteiger partial charge in [-0.1, -0.05) is 35.5 Å². The van der Waals surface area contributed by atoms with Crippen LogP contribution in [0.3, 0.4) is 0 Å². The Morgan fingerprint density at radius 1 is 1.00 bits per heavy atom. The molecule has 112 valence electrons. The number of piperidine rings is 1. The fourth-order valence-electron chi connectivity index (χ4n) is 3.38. The van der Waals surface area contributed by atoms with Crippen molar-refractivity contribution in [3.05, 3.63) is 36.4 Å². The SMILES string of the molecule is [Br-].c1ccc(-c2cc(N3CCN4CCC3CC4)[nH+]o2)cc1. The topological polar surface area (TPSA) is 33.8 Å². The van der Waals surface area contributed by atoms with E-state index in [-0.39, 0.29) is 17.0 Å². The fourth-order valence-corrected chi connectivity index (χ4v) is 3.38. The summed E-state index contributed by atoms with van der Waals surface area (Å²) in [7, 11) is 0. The molecule has 3 fully saturated rings. The van der Waals surface area contributed by atoms with Crippen molar-refractivity contribution in [2.24, 2.45) is 0 Å². The van der Waals surface area contributed by atoms with Crippen LogP contribution >= 0.6 is 0 Å². The van der Waals surface area contributed by atoms with Gasteiger partial charge in [0.05, 0.1) is 18.7 Å². The molecule has 0 saturated carbocycles. The highest BCUT2D eigenvalue weighted by Gasteiger charge is 2.35. The molecule has 4 heterocycles. The second kappa shape index (κ2) is 6.20. The van der Waals surface area contributed by atoms with E-state index in [1.807, 2.05) is 18.2 Å². The number of H-pyrrole nitrogens is 1. The molecule has 2 bridgehead atoms. The van der Waals surface area contributed by atoms with E-state index in [1.165, 1.54) is 25.9 Å². The Kier molecular flexibility index (Phi) is 4.31. The number of aromatic nitrogens is 1. The highest BCUT2D eigenvalue weighted by Crippen LogP contribution is 2.27. The average Bonchev–Trinajstić information content (AvgIpc) is 2.81. The van der Waals surface area contributed by atoms with Gasteiger partial charge in [-0.2, -0.15) is 0 Å². The zero-order valence-corrected chi connectivity index (χ0v) is 13.6. The number of rotatable bonds is 2. The van der Waals surface area contributed by atoms with Gasteiger partial charge in [-0.15, -0.1) is 0 Å². The van der Waals surface area contributed by atoms with Crippen LogP contribution in [0.15, 0.2) is 40.9 Å². The second-order valence-corrected chi connectivity index (χ2v) is 5.73. The summed E-state index contributed by atoms with van der Waals surface area (Å²) in [4.78, 5) is 5.05. The Bertz CT molecular complexity index is 578. The molecule has 1 aromatic heterocycles. The lowest BCUT2D eigenvalue weighted by Gasteiger charge is -2.26. The molecule has 3 saturated heterocycles. The van der Waals surface area contributed by atoms with Crippen LogP contribution in [0, 0.1) is 0 Å². The van der Waals surface area contributed by atoms with Crippen LogP contribution in [-0.2, 0) is 0 Å². The third kappa shape index (κ3) is 2.85. The van der Waals surface area contributed by atoms with E-state index in [2.05, 4.69) is 33.2 Å². The highest BCUT2D eigenvalue weighted by molar-refractivity contribution is 5.59. The Balaban J connectivity index is 0.00000132. The molecule has 4 nitrogen and oxygen atoms in total. The lowest BCUT2D eigenvalue weighted by molar-refractivity contribution is -0.595. The summed E-state index contributed by atoms with van der Waals surface area (Å²) in [6, 6.07) is 13.1. The molecular formula is C16H20BrN3O. The number of aromatic amines is 1. The molecule has 5 heteroatoms. The summed E-state index contributed by atoms with van der Waals surface area (Å²) < 4.78 is 5.67. The first-order valence-corrected chi connectivity index (χ1v) is 7.46. The number of nitrogens with zero attached hydrogens (tertiary/aromatic N) is 2. The van der Waals surface area contributed by atoms with Gasteiger partial charge in [-0.3, -0.25) is 9.80 Å². The minimum Gasteiger partial charge on any atom is -1.00 e. The quantitative estimate of drug-likeness (QED) is 0.701. The van der Waals surface area contributed by atoms with Gasteiger partial charge in [0.1, 0.15) is 0 Å². The first kappa shape index (κ1) is 14.6. The van der Waals surface area contributed by atoms with E-state index in [4.69, 9.17) is 4.52 Å². The Labute approximate surface area is 135 Å². The van der Waals surface area contributed by atoms with Gasteiger partial charge in [0.15, 0.2) is 5.76 Å². The first-order valence-electron chi connectivity index (χ1n) is 7.46. The van der Waals surface area contributed by atoms with E-state index >= 15 is 0 Å². The second-order valence-electron chi connectivity index (χ2n) is 5.73. The van der Waals surface area contributed by atoms with Crippen molar-refractivity contribution >= 4 is 5.82 Å². The number of hydrogen-bond donors (Lipinski definition) is 0. The third-order valence-electron chi connectivity index (χ3n) is 4.56. The summed E-state index contributed by atoms with van der Waals surface area (Å²) >= 11 is 0. The van der Waals surface area contributed by atoms with Crippen LogP contribution in [0.2, 0.25) is 0 Å². The molecule has 1 N–H and O–H groups in total. The van der Waals surface area contributed by atoms with E-state index in [0.717, 1.165) is 30.2 Å². The van der Waals surface area contributed by atoms with Gasteiger partial charge in [-0.05, 0) is 0 Å². The maximum Gasteiger partial charge on any atom is 0.313 e. The van der Waals surface area contributed by atoms with Crippen molar-refractivity contribution in [1.29, 1.82) is 0 Å². The number of anilines is 1. The van der Waals surface area contributed by atoms with Crippen LogP contribution in [-0.4, -0.2) is 37.1 Å². The number of halogens is 1. The molecule has 0 radical (unpaired) electrons. The fraction of sp³-hybridized carbons (Fsp3) is 0.438. The first-order chi connectivity index (χ1) is 9.90. The van der Waals surface area contributed by atoms with Crippen LogP contribution < -0.4 is 27.0 Å². The van der Waals surface area contributed by atoms with E-state index in [1.54, 1.807) is 0 Å². The van der Waals surface area contributed by atoms with Crippen molar-refractivity contribution in [3.8, 4) is 11.3 Å². The van der Waals surface area contributed by atoms with Crippen LogP contribution in [0.1, 0.15) is 12.8 Å². The molecule has 2 aromatic rings. The summed E-state index contributed by atoms with van der Waals surface area (Å²) in [6.45, 7) is 4.74. The smallest absolute Gasteiger partial charge is 0.313 e. The lowest BCUT2D eigenvalue weighted by atomic mass is 10.1. The van der Waals surface area contributed by atoms with Gasteiger partial charge < -0.3 is 21.5 Å². The Hall–Kier alpha value is -1.33. The monoisotopic (exact) mass is 349 g/mol. The molecule has 5 rings (SSSR count). The largest absolute Gasteiger partial charge is 1.00 e. The van der Waals surface area contributed by atoms with Crippen molar-refractivity contribution in [3.63, 3.8) is 0 Å². The Morgan fingerprint density at radius 3 is 2.52 bits per heavy atom. The number of nitrogens with one attached hydrogen (secondary N) is 1. The predicted molar refractivity (Wildman–Crippen MR) is 77.5 cm³/mol. The van der Waals surface area contributed by atoms with Gasteiger partial charge in [0, 0.05) is 38.0 Å². The molecular weight excluding hydrogens is 330 g/mol. The maximum atomic E-state index is 5.67. The summed E-state index contributed by atoms with van der Waals surface area (Å²) in [5.74, 6) is 2.04. The van der Waals surface area contributed by atoms with E-state index in [9.17, 15) is 0 Å². The molecule has 1 aromatic carbocycles. The number of fused-ring (bicyclic) bond motifs is 4. The molecule has 0 atom stereocenters. The molecule has 0 aliphatic carbocycles. The summed E-state index contributed by atoms with van der Waals surface area (Å²) in [5.41, 5.74) is 1.12. The normalized spacial score (nSPS) is 24.5. The molecule has 3 aliphatic heterocycles. The maximum absolute atomic E-state index is 5.67. The molecule has 3 aliphatic rings. The van der Waals surface area contributed by atoms with E-state index in [0.29, 0.717) is 6.04 Å². The van der Waals surface area contributed by atoms with E-state index < -0.39 is 0 Å². The standard InChI is InChI=1S/C16H19N3O.BrH/c1-2-4-13(5-3-1)15-12-16(17-20-15)19-11-10-18-8-6-14(19)7-9-18;/h1-5,12,14H,6-11H2;1H. The predicted octanol–water partition coefficient (Wildman–Crippen LogP) is -0.951. The minimum absolute atomic E-state index is 0. The van der Waals surface area contributed by atoms with Gasteiger partial charge in [0.2, 0.25) is 0 Å². The number of benzene rings is 1. The van der Waals surface area contributed by atoms with Crippen molar-refractivity contribution in [2.45, 2.75) is 18.9 Å². The lowest BCUT2D eigenvalue weighted by Crippen LogP contribution is -3.00. The number of hydrogen-bond acceptors (Lipinski definition) is 3.